The number of ether oxygens (including phenoxy) is 2. The molecule has 0 radical (unpaired) electrons. The van der Waals surface area contributed by atoms with E-state index in [1.807, 2.05) is 19.9 Å². The molecule has 2 rings (SSSR count). The number of esters is 1. The quantitative estimate of drug-likeness (QED) is 0.754. The van der Waals surface area contributed by atoms with Gasteiger partial charge in [0, 0.05) is 5.92 Å². The van der Waals surface area contributed by atoms with Crippen molar-refractivity contribution in [2.45, 2.75) is 26.4 Å². The van der Waals surface area contributed by atoms with Crippen LogP contribution in [0.3, 0.4) is 0 Å². The van der Waals surface area contributed by atoms with E-state index in [1.54, 1.807) is 24.3 Å². The van der Waals surface area contributed by atoms with Gasteiger partial charge in [-0.15, -0.1) is 0 Å². The predicted molar refractivity (Wildman–Crippen MR) is 74.8 cm³/mol. The number of nitriles is 1. The topological polar surface area (TPSA) is 98.2 Å². The van der Waals surface area contributed by atoms with E-state index in [4.69, 9.17) is 19.3 Å². The fourth-order valence-electron chi connectivity index (χ4n) is 1.57. The second-order valence-corrected chi connectivity index (χ2v) is 4.76. The van der Waals surface area contributed by atoms with Crippen molar-refractivity contribution in [3.05, 3.63) is 41.5 Å². The summed E-state index contributed by atoms with van der Waals surface area (Å²) in [5.74, 6) is 0.678. The lowest BCUT2D eigenvalue weighted by atomic mass is 10.2. The van der Waals surface area contributed by atoms with E-state index in [-0.39, 0.29) is 25.0 Å². The minimum absolute atomic E-state index is 0.109. The van der Waals surface area contributed by atoms with Gasteiger partial charge in [-0.3, -0.25) is 0 Å². The third-order valence-electron chi connectivity index (χ3n) is 2.71. The molecule has 0 saturated heterocycles. The Bertz CT molecular complexity index is 688. The summed E-state index contributed by atoms with van der Waals surface area (Å²) >= 11 is 0. The fraction of sp³-hybridized carbons (Fsp3) is 0.333. The van der Waals surface area contributed by atoms with Crippen molar-refractivity contribution < 1.29 is 18.8 Å². The maximum absolute atomic E-state index is 11.6. The van der Waals surface area contributed by atoms with Crippen LogP contribution in [0.1, 0.15) is 37.0 Å². The van der Waals surface area contributed by atoms with E-state index in [2.05, 4.69) is 10.1 Å². The molecule has 1 heterocycles. The Balaban J connectivity index is 1.82. The van der Waals surface area contributed by atoms with Crippen molar-refractivity contribution >= 4 is 5.97 Å². The first kappa shape index (κ1) is 15.5. The first-order valence-electron chi connectivity index (χ1n) is 6.70. The summed E-state index contributed by atoms with van der Waals surface area (Å²) in [6, 6.07) is 8.62. The van der Waals surface area contributed by atoms with Crippen molar-refractivity contribution in [1.29, 1.82) is 5.26 Å². The first-order chi connectivity index (χ1) is 10.6. The molecule has 0 aliphatic heterocycles. The second-order valence-electron chi connectivity index (χ2n) is 4.76. The minimum atomic E-state index is -0.586. The summed E-state index contributed by atoms with van der Waals surface area (Å²) < 4.78 is 15.2. The smallest absolute Gasteiger partial charge is 0.344 e. The minimum Gasteiger partial charge on any atom is -0.481 e. The van der Waals surface area contributed by atoms with E-state index in [9.17, 15) is 4.79 Å². The van der Waals surface area contributed by atoms with Crippen molar-refractivity contribution in [3.8, 4) is 11.8 Å². The van der Waals surface area contributed by atoms with Gasteiger partial charge in [0.1, 0.15) is 11.8 Å². The third kappa shape index (κ3) is 4.06. The molecule has 0 atom stereocenters. The van der Waals surface area contributed by atoms with Gasteiger partial charge in [0.2, 0.25) is 0 Å². The van der Waals surface area contributed by atoms with Crippen LogP contribution in [-0.2, 0) is 16.1 Å². The molecule has 22 heavy (non-hydrogen) atoms. The van der Waals surface area contributed by atoms with Crippen LogP contribution >= 0.6 is 0 Å². The Morgan fingerprint density at radius 2 is 2.18 bits per heavy atom. The van der Waals surface area contributed by atoms with E-state index in [0.29, 0.717) is 17.1 Å². The monoisotopic (exact) mass is 301 g/mol. The summed E-state index contributed by atoms with van der Waals surface area (Å²) in [6.45, 7) is 3.45. The summed E-state index contributed by atoms with van der Waals surface area (Å²) in [6.07, 6.45) is 0. The number of carbonyl (C=O) groups excluding carboxylic acids is 1. The number of hydrogen-bond donors (Lipinski definition) is 0. The molecule has 1 aromatic heterocycles. The van der Waals surface area contributed by atoms with Gasteiger partial charge >= 0.3 is 5.97 Å². The molecular weight excluding hydrogens is 286 g/mol. The Labute approximate surface area is 127 Å². The summed E-state index contributed by atoms with van der Waals surface area (Å²) in [7, 11) is 0. The number of benzene rings is 1. The van der Waals surface area contributed by atoms with Gasteiger partial charge in [-0.05, 0) is 12.1 Å². The highest BCUT2D eigenvalue weighted by atomic mass is 16.6. The van der Waals surface area contributed by atoms with Gasteiger partial charge in [0.15, 0.2) is 19.0 Å². The van der Waals surface area contributed by atoms with Gasteiger partial charge in [-0.2, -0.15) is 10.2 Å². The van der Waals surface area contributed by atoms with Gasteiger partial charge in [-0.1, -0.05) is 31.1 Å². The summed E-state index contributed by atoms with van der Waals surface area (Å²) in [4.78, 5) is 15.7. The second kappa shape index (κ2) is 7.22. The van der Waals surface area contributed by atoms with Gasteiger partial charge in [0.05, 0.1) is 5.56 Å². The lowest BCUT2D eigenvalue weighted by Gasteiger charge is -2.06. The van der Waals surface area contributed by atoms with Crippen LogP contribution in [0.15, 0.2) is 28.8 Å². The summed E-state index contributed by atoms with van der Waals surface area (Å²) in [5.41, 5.74) is 0.355. The number of nitrogens with zero attached hydrogens (tertiary/aromatic N) is 3. The van der Waals surface area contributed by atoms with Crippen LogP contribution in [0.25, 0.3) is 0 Å². The van der Waals surface area contributed by atoms with E-state index >= 15 is 0 Å². The highest BCUT2D eigenvalue weighted by Crippen LogP contribution is 2.16. The van der Waals surface area contributed by atoms with E-state index in [1.165, 1.54) is 0 Å². The van der Waals surface area contributed by atoms with Gasteiger partial charge in [-0.25, -0.2) is 4.79 Å². The average Bonchev–Trinajstić information content (AvgIpc) is 3.00. The van der Waals surface area contributed by atoms with Crippen molar-refractivity contribution in [1.82, 2.24) is 10.1 Å². The fourth-order valence-corrected chi connectivity index (χ4v) is 1.57. The maximum atomic E-state index is 11.6. The summed E-state index contributed by atoms with van der Waals surface area (Å²) in [5, 5.41) is 12.7. The molecule has 0 aliphatic rings. The zero-order chi connectivity index (χ0) is 15.9. The molecule has 114 valence electrons. The molecule has 2 aromatic rings. The number of rotatable bonds is 6. The molecule has 0 amide bonds. The van der Waals surface area contributed by atoms with Crippen LogP contribution in [0.2, 0.25) is 0 Å². The largest absolute Gasteiger partial charge is 0.481 e. The number of carbonyl (C=O) groups is 1. The average molecular weight is 301 g/mol. The molecule has 7 nitrogen and oxygen atoms in total. The predicted octanol–water partition coefficient (Wildman–Crippen LogP) is 2.19. The zero-order valence-electron chi connectivity index (χ0n) is 12.3. The standard InChI is InChI=1S/C15H15N3O4/c1-10(2)15-17-13(22-18-15)8-21-14(19)9-20-12-6-4-3-5-11(12)7-16/h3-6,10H,8-9H2,1-2H3. The van der Waals surface area contributed by atoms with Crippen LogP contribution < -0.4 is 4.74 Å². The van der Waals surface area contributed by atoms with Gasteiger partial charge < -0.3 is 14.0 Å². The highest BCUT2D eigenvalue weighted by Gasteiger charge is 2.12. The third-order valence-corrected chi connectivity index (χ3v) is 2.71. The number of hydrogen-bond acceptors (Lipinski definition) is 7. The molecule has 7 heteroatoms. The lowest BCUT2D eigenvalue weighted by molar-refractivity contribution is -0.148. The van der Waals surface area contributed by atoms with Crippen molar-refractivity contribution in [2.75, 3.05) is 6.61 Å². The van der Waals surface area contributed by atoms with E-state index < -0.39 is 5.97 Å². The van der Waals surface area contributed by atoms with Crippen molar-refractivity contribution in [2.24, 2.45) is 0 Å². The maximum Gasteiger partial charge on any atom is 0.344 e. The van der Waals surface area contributed by atoms with Crippen LogP contribution in [-0.4, -0.2) is 22.7 Å². The molecule has 0 bridgehead atoms. The number of aromatic nitrogens is 2. The molecule has 0 fully saturated rings. The normalized spacial score (nSPS) is 10.3. The zero-order valence-corrected chi connectivity index (χ0v) is 12.3. The first-order valence-corrected chi connectivity index (χ1v) is 6.70. The van der Waals surface area contributed by atoms with Gasteiger partial charge in [0.25, 0.3) is 5.89 Å². The molecule has 0 spiro atoms. The Morgan fingerprint density at radius 1 is 1.41 bits per heavy atom. The van der Waals surface area contributed by atoms with Crippen LogP contribution in [0, 0.1) is 11.3 Å². The van der Waals surface area contributed by atoms with Crippen LogP contribution in [0.4, 0.5) is 0 Å². The SMILES string of the molecule is CC(C)c1noc(COC(=O)COc2ccccc2C#N)n1. The molecule has 1 aromatic carbocycles. The molecule has 0 aliphatic carbocycles. The Hall–Kier alpha value is -2.88. The van der Waals surface area contributed by atoms with Crippen LogP contribution in [0.5, 0.6) is 5.75 Å². The van der Waals surface area contributed by atoms with E-state index in [0.717, 1.165) is 0 Å². The van der Waals surface area contributed by atoms with Crippen molar-refractivity contribution in [3.63, 3.8) is 0 Å². The Morgan fingerprint density at radius 3 is 2.86 bits per heavy atom. The molecule has 0 unspecified atom stereocenters. The molecular formula is C15H15N3O4. The lowest BCUT2D eigenvalue weighted by Crippen LogP contribution is -2.15. The molecule has 0 saturated carbocycles. The highest BCUT2D eigenvalue weighted by molar-refractivity contribution is 5.71. The number of para-hydroxylation sites is 1. The molecule has 0 N–H and O–H groups in total. The Kier molecular flexibility index (Phi) is 5.09.